The van der Waals surface area contributed by atoms with Gasteiger partial charge in [0.05, 0.1) is 6.54 Å². The molecule has 8 heteroatoms. The number of nitrogens with zero attached hydrogens (tertiary/aromatic N) is 2. The van der Waals surface area contributed by atoms with Crippen LogP contribution in [0.5, 0.6) is 0 Å². The Kier molecular flexibility index (Phi) is 7.74. The van der Waals surface area contributed by atoms with Crippen LogP contribution in [0.4, 0.5) is 0 Å². The van der Waals surface area contributed by atoms with Crippen molar-refractivity contribution in [1.29, 1.82) is 0 Å². The summed E-state index contributed by atoms with van der Waals surface area (Å²) < 4.78 is 11.5. The molecule has 0 radical (unpaired) electrons. The van der Waals surface area contributed by atoms with Crippen molar-refractivity contribution in [3.05, 3.63) is 35.4 Å². The number of amides is 2. The van der Waals surface area contributed by atoms with Gasteiger partial charge in [0.25, 0.3) is 5.91 Å². The molecule has 3 heterocycles. The number of hydrogen-bond acceptors (Lipinski definition) is 6. The average Bonchev–Trinajstić information content (AvgIpc) is 3.63. The van der Waals surface area contributed by atoms with Crippen LogP contribution in [0.2, 0.25) is 0 Å². The van der Waals surface area contributed by atoms with Gasteiger partial charge in [-0.2, -0.15) is 0 Å². The number of rotatable bonds is 7. The maximum absolute atomic E-state index is 13.9. The van der Waals surface area contributed by atoms with Crippen molar-refractivity contribution in [3.63, 3.8) is 0 Å². The fourth-order valence-corrected chi connectivity index (χ4v) is 6.52. The molecule has 3 aliphatic heterocycles. The summed E-state index contributed by atoms with van der Waals surface area (Å²) in [6.07, 6.45) is 5.40. The van der Waals surface area contributed by atoms with Gasteiger partial charge in [-0.15, -0.1) is 0 Å². The Labute approximate surface area is 213 Å². The Morgan fingerprint density at radius 3 is 2.47 bits per heavy atom. The van der Waals surface area contributed by atoms with Gasteiger partial charge in [-0.05, 0) is 82.3 Å². The number of ether oxygens (including phenoxy) is 2. The topological polar surface area (TPSA) is 88.2 Å². The number of hydrogen-bond donors (Lipinski definition) is 1. The number of carbonyl (C=O) groups is 3. The monoisotopic (exact) mass is 497 g/mol. The molecule has 1 aliphatic carbocycles. The summed E-state index contributed by atoms with van der Waals surface area (Å²) in [4.78, 5) is 43.8. The van der Waals surface area contributed by atoms with Gasteiger partial charge in [-0.1, -0.05) is 25.0 Å². The zero-order valence-corrected chi connectivity index (χ0v) is 21.5. The highest BCUT2D eigenvalue weighted by molar-refractivity contribution is 5.99. The average molecular weight is 498 g/mol. The first kappa shape index (κ1) is 25.4. The van der Waals surface area contributed by atoms with Crippen molar-refractivity contribution < 1.29 is 23.9 Å². The van der Waals surface area contributed by atoms with Gasteiger partial charge in [-0.25, -0.2) is 0 Å². The van der Waals surface area contributed by atoms with Crippen LogP contribution in [0.3, 0.4) is 0 Å². The number of Topliss-reactive ketones (excluding diaryl/α,β-unsaturated/α-hetero) is 1. The molecule has 3 saturated heterocycles. The van der Waals surface area contributed by atoms with Crippen LogP contribution in [0.1, 0.15) is 67.3 Å². The smallest absolute Gasteiger partial charge is 0.251 e. The standard InChI is InChI=1S/C28H39N3O5/c1-3-35-23-16-31(25-22(32)17-36-26(23)25)28(34)24(20-6-4-5-7-20)29-27(33)21-10-8-18(9-11-21)19-12-14-30(2)15-13-19/h8-11,19-20,23-26H,3-7,12-17H2,1-2H3,(H,29,33)/t23-,24-,25+,26+/m0/s1. The fourth-order valence-electron chi connectivity index (χ4n) is 6.52. The minimum Gasteiger partial charge on any atom is -0.374 e. The second kappa shape index (κ2) is 11.0. The van der Waals surface area contributed by atoms with Crippen molar-refractivity contribution in [2.75, 3.05) is 39.9 Å². The van der Waals surface area contributed by atoms with Gasteiger partial charge in [0.15, 0.2) is 5.78 Å². The lowest BCUT2D eigenvalue weighted by atomic mass is 9.89. The van der Waals surface area contributed by atoms with E-state index in [1.165, 1.54) is 5.56 Å². The van der Waals surface area contributed by atoms with Gasteiger partial charge in [0, 0.05) is 12.2 Å². The Morgan fingerprint density at radius 2 is 1.81 bits per heavy atom. The maximum atomic E-state index is 13.9. The lowest BCUT2D eigenvalue weighted by Crippen LogP contribution is -2.54. The van der Waals surface area contributed by atoms with Crippen molar-refractivity contribution in [2.45, 2.75) is 75.7 Å². The molecule has 1 aromatic carbocycles. The molecule has 5 rings (SSSR count). The van der Waals surface area contributed by atoms with E-state index in [1.54, 1.807) is 4.90 Å². The molecule has 4 aliphatic rings. The van der Waals surface area contributed by atoms with E-state index in [2.05, 4.69) is 29.4 Å². The SMILES string of the molecule is CCO[C@H]1CN(C(=O)[C@@H](NC(=O)c2ccc(C3CCN(C)CC3)cc2)C2CCCC2)[C@@H]2C(=O)CO[C@H]12. The minimum atomic E-state index is -0.650. The van der Waals surface area contributed by atoms with Crippen molar-refractivity contribution >= 4 is 17.6 Å². The highest BCUT2D eigenvalue weighted by atomic mass is 16.6. The fraction of sp³-hybridized carbons (Fsp3) is 0.679. The van der Waals surface area contributed by atoms with Crippen molar-refractivity contribution in [3.8, 4) is 0 Å². The zero-order valence-electron chi connectivity index (χ0n) is 21.5. The molecule has 4 atom stereocenters. The molecule has 0 bridgehead atoms. The summed E-state index contributed by atoms with van der Waals surface area (Å²) in [6, 6.07) is 6.61. The van der Waals surface area contributed by atoms with Crippen LogP contribution in [-0.2, 0) is 19.1 Å². The predicted molar refractivity (Wildman–Crippen MR) is 135 cm³/mol. The number of carbonyl (C=O) groups excluding carboxylic acids is 3. The second-order valence-electron chi connectivity index (χ2n) is 10.9. The second-order valence-corrected chi connectivity index (χ2v) is 10.9. The van der Waals surface area contributed by atoms with E-state index in [9.17, 15) is 14.4 Å². The zero-order chi connectivity index (χ0) is 25.2. The third kappa shape index (κ3) is 5.08. The number of fused-ring (bicyclic) bond motifs is 1. The Hall–Kier alpha value is -2.29. The van der Waals surface area contributed by atoms with Crippen LogP contribution in [0.15, 0.2) is 24.3 Å². The van der Waals surface area contributed by atoms with Crippen molar-refractivity contribution in [2.24, 2.45) is 5.92 Å². The Balaban J connectivity index is 1.30. The largest absolute Gasteiger partial charge is 0.374 e. The number of benzene rings is 1. The third-order valence-corrected chi connectivity index (χ3v) is 8.59. The van der Waals surface area contributed by atoms with E-state index < -0.39 is 18.2 Å². The first-order valence-corrected chi connectivity index (χ1v) is 13.6. The van der Waals surface area contributed by atoms with Gasteiger partial charge in [0.1, 0.15) is 30.9 Å². The predicted octanol–water partition coefficient (Wildman–Crippen LogP) is 2.37. The number of piperidine rings is 1. The first-order chi connectivity index (χ1) is 17.5. The molecule has 1 saturated carbocycles. The number of likely N-dealkylation sites (tertiary alicyclic amines) is 2. The molecule has 0 spiro atoms. The number of ketones is 1. The molecule has 36 heavy (non-hydrogen) atoms. The van der Waals surface area contributed by atoms with Crippen LogP contribution >= 0.6 is 0 Å². The van der Waals surface area contributed by atoms with Gasteiger partial charge < -0.3 is 24.6 Å². The van der Waals surface area contributed by atoms with Gasteiger partial charge in [-0.3, -0.25) is 14.4 Å². The maximum Gasteiger partial charge on any atom is 0.251 e. The lowest BCUT2D eigenvalue weighted by Gasteiger charge is -2.31. The highest BCUT2D eigenvalue weighted by Gasteiger charge is 2.54. The Bertz CT molecular complexity index is 952. The Morgan fingerprint density at radius 1 is 1.11 bits per heavy atom. The summed E-state index contributed by atoms with van der Waals surface area (Å²) >= 11 is 0. The van der Waals surface area contributed by atoms with E-state index in [-0.39, 0.29) is 36.2 Å². The van der Waals surface area contributed by atoms with Gasteiger partial charge >= 0.3 is 0 Å². The van der Waals surface area contributed by atoms with Gasteiger partial charge in [0.2, 0.25) is 5.91 Å². The highest BCUT2D eigenvalue weighted by Crippen LogP contribution is 2.34. The molecule has 196 valence electrons. The van der Waals surface area contributed by atoms with Crippen LogP contribution in [-0.4, -0.2) is 91.6 Å². The van der Waals surface area contributed by atoms with Crippen LogP contribution in [0.25, 0.3) is 0 Å². The summed E-state index contributed by atoms with van der Waals surface area (Å²) in [5.74, 6) is 0.0905. The molecule has 1 N–H and O–H groups in total. The first-order valence-electron chi connectivity index (χ1n) is 13.6. The quantitative estimate of drug-likeness (QED) is 0.622. The molecule has 0 aromatic heterocycles. The molecular weight excluding hydrogens is 458 g/mol. The van der Waals surface area contributed by atoms with E-state index >= 15 is 0 Å². The molecule has 1 aromatic rings. The molecular formula is C28H39N3O5. The van der Waals surface area contributed by atoms with Crippen LogP contribution in [0, 0.1) is 5.92 Å². The summed E-state index contributed by atoms with van der Waals surface area (Å²) in [6.45, 7) is 4.90. The van der Waals surface area contributed by atoms with Crippen LogP contribution < -0.4 is 5.32 Å². The molecule has 0 unspecified atom stereocenters. The van der Waals surface area contributed by atoms with Crippen molar-refractivity contribution in [1.82, 2.24) is 15.1 Å². The summed E-state index contributed by atoms with van der Waals surface area (Å²) in [5, 5.41) is 3.07. The molecule has 4 fully saturated rings. The third-order valence-electron chi connectivity index (χ3n) is 8.59. The van der Waals surface area contributed by atoms with E-state index in [0.717, 1.165) is 51.6 Å². The van der Waals surface area contributed by atoms with E-state index in [0.29, 0.717) is 24.6 Å². The molecule has 2 amide bonds. The molecule has 8 nitrogen and oxygen atoms in total. The summed E-state index contributed by atoms with van der Waals surface area (Å²) in [5.41, 5.74) is 1.84. The lowest BCUT2D eigenvalue weighted by molar-refractivity contribution is -0.139. The number of nitrogens with one attached hydrogen (secondary N) is 1. The summed E-state index contributed by atoms with van der Waals surface area (Å²) in [7, 11) is 2.15. The normalized spacial score (nSPS) is 28.4. The van der Waals surface area contributed by atoms with E-state index in [1.807, 2.05) is 19.1 Å². The minimum absolute atomic E-state index is 0.00672. The van der Waals surface area contributed by atoms with E-state index in [4.69, 9.17) is 9.47 Å².